The highest BCUT2D eigenvalue weighted by Crippen LogP contribution is 2.27. The summed E-state index contributed by atoms with van der Waals surface area (Å²) in [6, 6.07) is 9.03. The predicted molar refractivity (Wildman–Crippen MR) is 92.2 cm³/mol. The molecular weight excluding hydrogens is 342 g/mol. The van der Waals surface area contributed by atoms with Crippen molar-refractivity contribution in [3.05, 3.63) is 34.3 Å². The number of ether oxygens (including phenoxy) is 2. The Morgan fingerprint density at radius 2 is 1.91 bits per heavy atom. The number of halogens is 1. The quantitative estimate of drug-likeness (QED) is 0.792. The Morgan fingerprint density at radius 1 is 1.14 bits per heavy atom. The second-order valence-electron chi connectivity index (χ2n) is 6.25. The summed E-state index contributed by atoms with van der Waals surface area (Å²) >= 11 is 3.62. The lowest BCUT2D eigenvalue weighted by Gasteiger charge is -2.41. The van der Waals surface area contributed by atoms with Crippen molar-refractivity contribution in [2.24, 2.45) is 0 Å². The summed E-state index contributed by atoms with van der Waals surface area (Å²) in [4.78, 5) is 2.59. The van der Waals surface area contributed by atoms with Crippen LogP contribution in [-0.2, 0) is 15.9 Å². The fourth-order valence-corrected chi connectivity index (χ4v) is 4.10. The molecule has 1 saturated carbocycles. The molecule has 1 aliphatic carbocycles. The normalized spacial score (nSPS) is 27.0. The van der Waals surface area contributed by atoms with E-state index in [9.17, 15) is 0 Å². The minimum absolute atomic E-state index is 0.398. The van der Waals surface area contributed by atoms with Crippen LogP contribution in [0.2, 0.25) is 0 Å². The average Bonchev–Trinajstić information content (AvgIpc) is 2.58. The molecule has 0 aromatic heterocycles. The first-order chi connectivity index (χ1) is 10.8. The van der Waals surface area contributed by atoms with Gasteiger partial charge in [-0.25, -0.2) is 0 Å². The van der Waals surface area contributed by atoms with E-state index in [1.165, 1.54) is 35.7 Å². The first kappa shape index (κ1) is 16.4. The molecule has 0 unspecified atom stereocenters. The Morgan fingerprint density at radius 3 is 2.73 bits per heavy atom. The minimum atomic E-state index is 0.398. The zero-order chi connectivity index (χ0) is 15.2. The fraction of sp³-hybridized carbons (Fsp3) is 0.667. The van der Waals surface area contributed by atoms with Gasteiger partial charge in [-0.05, 0) is 30.9 Å². The van der Waals surface area contributed by atoms with E-state index in [2.05, 4.69) is 45.1 Å². The molecule has 0 bridgehead atoms. The first-order valence-corrected chi connectivity index (χ1v) is 9.31. The molecule has 2 fully saturated rings. The van der Waals surface area contributed by atoms with Crippen LogP contribution in [0.3, 0.4) is 0 Å². The summed E-state index contributed by atoms with van der Waals surface area (Å²) in [5, 5.41) is 0. The Labute approximate surface area is 142 Å². The van der Waals surface area contributed by atoms with Gasteiger partial charge in [-0.3, -0.25) is 4.90 Å². The lowest BCUT2D eigenvalue weighted by atomic mass is 9.91. The van der Waals surface area contributed by atoms with Gasteiger partial charge in [0.05, 0.1) is 25.9 Å². The summed E-state index contributed by atoms with van der Waals surface area (Å²) < 4.78 is 13.0. The molecule has 1 aliphatic heterocycles. The zero-order valence-corrected chi connectivity index (χ0v) is 14.8. The van der Waals surface area contributed by atoms with Crippen molar-refractivity contribution in [1.29, 1.82) is 0 Å². The topological polar surface area (TPSA) is 21.7 Å². The van der Waals surface area contributed by atoms with Crippen molar-refractivity contribution in [3.63, 3.8) is 0 Å². The number of rotatable bonds is 5. The van der Waals surface area contributed by atoms with Gasteiger partial charge in [-0.1, -0.05) is 47.0 Å². The van der Waals surface area contributed by atoms with Gasteiger partial charge in [0.1, 0.15) is 0 Å². The Kier molecular flexibility index (Phi) is 6.30. The van der Waals surface area contributed by atoms with Crippen molar-refractivity contribution in [2.75, 3.05) is 32.9 Å². The van der Waals surface area contributed by atoms with Crippen LogP contribution in [0.15, 0.2) is 28.7 Å². The van der Waals surface area contributed by atoms with Gasteiger partial charge in [0.2, 0.25) is 0 Å². The number of benzene rings is 1. The molecular formula is C18H26BrNO2. The third-order valence-corrected chi connectivity index (χ3v) is 5.62. The lowest BCUT2D eigenvalue weighted by molar-refractivity contribution is -0.0647. The highest BCUT2D eigenvalue weighted by atomic mass is 79.9. The van der Waals surface area contributed by atoms with Crippen LogP contribution in [0.25, 0.3) is 0 Å². The third kappa shape index (κ3) is 4.31. The Balaban J connectivity index is 1.52. The van der Waals surface area contributed by atoms with Crippen LogP contribution < -0.4 is 0 Å². The van der Waals surface area contributed by atoms with E-state index in [1.807, 2.05) is 0 Å². The molecule has 22 heavy (non-hydrogen) atoms. The van der Waals surface area contributed by atoms with Gasteiger partial charge in [0.25, 0.3) is 0 Å². The zero-order valence-electron chi connectivity index (χ0n) is 13.2. The van der Waals surface area contributed by atoms with Crippen LogP contribution in [-0.4, -0.2) is 50.0 Å². The van der Waals surface area contributed by atoms with Gasteiger partial charge in [-0.15, -0.1) is 0 Å². The van der Waals surface area contributed by atoms with Crippen molar-refractivity contribution in [2.45, 2.75) is 44.2 Å². The molecule has 0 N–H and O–H groups in total. The lowest BCUT2D eigenvalue weighted by Crippen LogP contribution is -2.51. The second kappa shape index (κ2) is 8.44. The molecule has 0 radical (unpaired) electrons. The van der Waals surface area contributed by atoms with Gasteiger partial charge in [0, 0.05) is 23.6 Å². The summed E-state index contributed by atoms with van der Waals surface area (Å²) in [5.74, 6) is 0. The van der Waals surface area contributed by atoms with Crippen LogP contribution in [0, 0.1) is 0 Å². The molecule has 4 heteroatoms. The van der Waals surface area contributed by atoms with Gasteiger partial charge in [-0.2, -0.15) is 0 Å². The molecule has 3 nitrogen and oxygen atoms in total. The van der Waals surface area contributed by atoms with Crippen LogP contribution >= 0.6 is 15.9 Å². The molecule has 2 atom stereocenters. The number of hydrogen-bond acceptors (Lipinski definition) is 3. The molecule has 0 amide bonds. The SMILES string of the molecule is Brc1ccccc1CCO[C@@H]1CCCC[C@H]1N1CCOCC1. The molecule has 3 rings (SSSR count). The number of hydrogen-bond donors (Lipinski definition) is 0. The molecule has 1 aromatic rings. The summed E-state index contributed by atoms with van der Waals surface area (Å²) in [6.45, 7) is 4.69. The molecule has 0 spiro atoms. The average molecular weight is 368 g/mol. The minimum Gasteiger partial charge on any atom is -0.379 e. The van der Waals surface area contributed by atoms with Crippen LogP contribution in [0.1, 0.15) is 31.2 Å². The van der Waals surface area contributed by atoms with E-state index in [4.69, 9.17) is 9.47 Å². The van der Waals surface area contributed by atoms with E-state index in [-0.39, 0.29) is 0 Å². The van der Waals surface area contributed by atoms with Crippen molar-refractivity contribution < 1.29 is 9.47 Å². The molecule has 1 saturated heterocycles. The maximum atomic E-state index is 6.30. The highest BCUT2D eigenvalue weighted by Gasteiger charge is 2.31. The van der Waals surface area contributed by atoms with E-state index in [1.54, 1.807) is 0 Å². The summed E-state index contributed by atoms with van der Waals surface area (Å²) in [7, 11) is 0. The van der Waals surface area contributed by atoms with E-state index in [0.29, 0.717) is 12.1 Å². The van der Waals surface area contributed by atoms with E-state index in [0.717, 1.165) is 39.3 Å². The van der Waals surface area contributed by atoms with Crippen molar-refractivity contribution in [1.82, 2.24) is 4.90 Å². The number of nitrogens with zero attached hydrogens (tertiary/aromatic N) is 1. The Bertz CT molecular complexity index is 462. The van der Waals surface area contributed by atoms with Crippen LogP contribution in [0.4, 0.5) is 0 Å². The van der Waals surface area contributed by atoms with E-state index < -0.39 is 0 Å². The van der Waals surface area contributed by atoms with Crippen molar-refractivity contribution >= 4 is 15.9 Å². The monoisotopic (exact) mass is 367 g/mol. The van der Waals surface area contributed by atoms with E-state index >= 15 is 0 Å². The molecule has 2 aliphatic rings. The number of morpholine rings is 1. The van der Waals surface area contributed by atoms with Crippen molar-refractivity contribution in [3.8, 4) is 0 Å². The van der Waals surface area contributed by atoms with Gasteiger partial charge in [0.15, 0.2) is 0 Å². The fourth-order valence-electron chi connectivity index (χ4n) is 3.62. The maximum Gasteiger partial charge on any atom is 0.0730 e. The van der Waals surface area contributed by atoms with Gasteiger partial charge < -0.3 is 9.47 Å². The van der Waals surface area contributed by atoms with Crippen LogP contribution in [0.5, 0.6) is 0 Å². The third-order valence-electron chi connectivity index (χ3n) is 4.84. The second-order valence-corrected chi connectivity index (χ2v) is 7.11. The largest absolute Gasteiger partial charge is 0.379 e. The highest BCUT2D eigenvalue weighted by molar-refractivity contribution is 9.10. The molecule has 1 heterocycles. The summed E-state index contributed by atoms with van der Waals surface area (Å²) in [6.07, 6.45) is 6.51. The standard InChI is InChI=1S/C18H26BrNO2/c19-16-6-2-1-5-15(16)9-12-22-18-8-4-3-7-17(18)20-10-13-21-14-11-20/h1-2,5-6,17-18H,3-4,7-14H2/t17-,18-/m1/s1. The molecule has 122 valence electrons. The Hall–Kier alpha value is -0.420. The smallest absolute Gasteiger partial charge is 0.0730 e. The first-order valence-electron chi connectivity index (χ1n) is 8.51. The maximum absolute atomic E-state index is 6.30. The predicted octanol–water partition coefficient (Wildman–Crippen LogP) is 3.65. The summed E-state index contributed by atoms with van der Waals surface area (Å²) in [5.41, 5.74) is 1.33. The molecule has 1 aromatic carbocycles. The van der Waals surface area contributed by atoms with Gasteiger partial charge >= 0.3 is 0 Å².